The van der Waals surface area contributed by atoms with Crippen molar-refractivity contribution in [3.05, 3.63) is 23.8 Å². The Kier molecular flexibility index (Phi) is 3.32. The van der Waals surface area contributed by atoms with E-state index in [9.17, 15) is 9.82 Å². The number of nitrogens with two attached hydrogens (primary N) is 1. The van der Waals surface area contributed by atoms with Gasteiger partial charge in [-0.05, 0) is 23.2 Å². The molecule has 0 radical (unpaired) electrons. The molecule has 7 heteroatoms. The summed E-state index contributed by atoms with van der Waals surface area (Å²) in [5.74, 6) is -0.673. The lowest BCUT2D eigenvalue weighted by molar-refractivity contribution is -0.139. The van der Waals surface area contributed by atoms with Gasteiger partial charge in [-0.3, -0.25) is 0 Å². The third-order valence-electron chi connectivity index (χ3n) is 2.54. The molecule has 90 valence electrons. The Morgan fingerprint density at radius 2 is 2.35 bits per heavy atom. The van der Waals surface area contributed by atoms with E-state index in [-0.39, 0.29) is 12.6 Å². The molecule has 1 heterocycles. The van der Waals surface area contributed by atoms with Crippen molar-refractivity contribution in [2.24, 2.45) is 5.73 Å². The highest BCUT2D eigenvalue weighted by molar-refractivity contribution is 6.61. The van der Waals surface area contributed by atoms with Crippen molar-refractivity contribution < 1.29 is 24.3 Å². The summed E-state index contributed by atoms with van der Waals surface area (Å²) >= 11 is 0. The van der Waals surface area contributed by atoms with Crippen LogP contribution in [0.3, 0.4) is 0 Å². The summed E-state index contributed by atoms with van der Waals surface area (Å²) in [4.78, 5) is 10.4. The Morgan fingerprint density at radius 3 is 3.00 bits per heavy atom. The Hall–Kier alpha value is -1.57. The van der Waals surface area contributed by atoms with E-state index < -0.39 is 19.7 Å². The van der Waals surface area contributed by atoms with Gasteiger partial charge in [0.05, 0.1) is 6.10 Å². The lowest BCUT2D eigenvalue weighted by atomic mass is 9.79. The molecule has 1 aliphatic rings. The molecule has 0 saturated heterocycles. The second-order valence-electron chi connectivity index (χ2n) is 3.69. The summed E-state index contributed by atoms with van der Waals surface area (Å²) < 4.78 is 10.2. The summed E-state index contributed by atoms with van der Waals surface area (Å²) in [6.45, 7) is -0.143. The molecule has 1 aliphatic heterocycles. The number of carboxylic acid groups (broad SMARTS) is 1. The van der Waals surface area contributed by atoms with Crippen LogP contribution in [0.15, 0.2) is 18.2 Å². The maximum Gasteiger partial charge on any atom is 0.492 e. The minimum absolute atomic E-state index is 0.277. The fourth-order valence-corrected chi connectivity index (χ4v) is 1.78. The zero-order chi connectivity index (χ0) is 12.4. The quantitative estimate of drug-likeness (QED) is 0.572. The molecule has 6 nitrogen and oxygen atoms in total. The maximum absolute atomic E-state index is 10.4. The van der Waals surface area contributed by atoms with E-state index in [4.69, 9.17) is 20.2 Å². The van der Waals surface area contributed by atoms with Crippen molar-refractivity contribution in [1.29, 1.82) is 0 Å². The Morgan fingerprint density at radius 1 is 1.59 bits per heavy atom. The SMILES string of the molecule is NCC1OB(O)c2cc(OCC(=O)O)ccc21. The van der Waals surface area contributed by atoms with E-state index in [2.05, 4.69) is 0 Å². The highest BCUT2D eigenvalue weighted by atomic mass is 16.5. The predicted molar refractivity (Wildman–Crippen MR) is 60.1 cm³/mol. The zero-order valence-corrected chi connectivity index (χ0v) is 9.00. The predicted octanol–water partition coefficient (Wildman–Crippen LogP) is -1.13. The molecule has 0 saturated carbocycles. The standard InChI is InChI=1S/C10H12BNO5/c12-4-9-7-2-1-6(16-5-10(13)14)3-8(7)11(15)17-9/h1-3,9,15H,4-5,12H2,(H,13,14). The van der Waals surface area contributed by atoms with Crippen molar-refractivity contribution in [3.8, 4) is 5.75 Å². The average Bonchev–Trinajstić information content (AvgIpc) is 2.63. The van der Waals surface area contributed by atoms with Crippen LogP contribution in [0.1, 0.15) is 11.7 Å². The summed E-state index contributed by atoms with van der Waals surface area (Å²) in [5.41, 5.74) is 6.88. The van der Waals surface area contributed by atoms with Crippen LogP contribution in [0, 0.1) is 0 Å². The van der Waals surface area contributed by atoms with Gasteiger partial charge < -0.3 is 25.3 Å². The Bertz CT molecular complexity index is 439. The van der Waals surface area contributed by atoms with Gasteiger partial charge in [0.15, 0.2) is 6.61 Å². The average molecular weight is 237 g/mol. The van der Waals surface area contributed by atoms with Crippen LogP contribution in [0.25, 0.3) is 0 Å². The van der Waals surface area contributed by atoms with Gasteiger partial charge in [0.2, 0.25) is 0 Å². The molecule has 0 amide bonds. The van der Waals surface area contributed by atoms with Crippen molar-refractivity contribution in [2.45, 2.75) is 6.10 Å². The number of fused-ring (bicyclic) bond motifs is 1. The third-order valence-corrected chi connectivity index (χ3v) is 2.54. The number of carboxylic acids is 1. The van der Waals surface area contributed by atoms with Crippen LogP contribution in [-0.2, 0) is 9.45 Å². The first-order chi connectivity index (χ1) is 8.11. The van der Waals surface area contributed by atoms with E-state index in [1.807, 2.05) is 0 Å². The largest absolute Gasteiger partial charge is 0.492 e. The lowest BCUT2D eigenvalue weighted by Crippen LogP contribution is -2.28. The van der Waals surface area contributed by atoms with Crippen molar-refractivity contribution in [2.75, 3.05) is 13.2 Å². The van der Waals surface area contributed by atoms with Crippen LogP contribution in [0.4, 0.5) is 0 Å². The van der Waals surface area contributed by atoms with Gasteiger partial charge in [-0.25, -0.2) is 4.79 Å². The molecular formula is C10H12BNO5. The van der Waals surface area contributed by atoms with Crippen LogP contribution in [0.5, 0.6) is 5.75 Å². The smallest absolute Gasteiger partial charge is 0.482 e. The number of rotatable bonds is 4. The van der Waals surface area contributed by atoms with Crippen molar-refractivity contribution >= 4 is 18.6 Å². The zero-order valence-electron chi connectivity index (χ0n) is 9.00. The summed E-state index contributed by atoms with van der Waals surface area (Å²) in [6.07, 6.45) is -0.325. The number of carbonyl (C=O) groups is 1. The van der Waals surface area contributed by atoms with Gasteiger partial charge in [-0.1, -0.05) is 6.07 Å². The number of hydrogen-bond acceptors (Lipinski definition) is 5. The molecule has 1 unspecified atom stereocenters. The number of aliphatic carboxylic acids is 1. The van der Waals surface area contributed by atoms with Gasteiger partial charge in [0.1, 0.15) is 5.75 Å². The molecule has 4 N–H and O–H groups in total. The summed E-state index contributed by atoms with van der Waals surface area (Å²) in [7, 11) is -1.04. The molecule has 0 aliphatic carbocycles. The van der Waals surface area contributed by atoms with Crippen LogP contribution in [0.2, 0.25) is 0 Å². The first kappa shape index (κ1) is 11.9. The first-order valence-corrected chi connectivity index (χ1v) is 5.14. The van der Waals surface area contributed by atoms with Crippen molar-refractivity contribution in [3.63, 3.8) is 0 Å². The maximum atomic E-state index is 10.4. The highest BCUT2D eigenvalue weighted by Gasteiger charge is 2.34. The molecule has 0 fully saturated rings. The second kappa shape index (κ2) is 4.74. The van der Waals surface area contributed by atoms with E-state index in [0.717, 1.165) is 5.56 Å². The molecule has 0 aromatic heterocycles. The monoisotopic (exact) mass is 237 g/mol. The topological polar surface area (TPSA) is 102 Å². The summed E-state index contributed by atoms with van der Waals surface area (Å²) in [5, 5.41) is 18.1. The van der Waals surface area contributed by atoms with Gasteiger partial charge in [-0.15, -0.1) is 0 Å². The number of benzene rings is 1. The molecule has 17 heavy (non-hydrogen) atoms. The number of ether oxygens (including phenoxy) is 1. The van der Waals surface area contributed by atoms with Crippen LogP contribution >= 0.6 is 0 Å². The molecular weight excluding hydrogens is 225 g/mol. The lowest BCUT2D eigenvalue weighted by Gasteiger charge is -2.09. The molecule has 0 bridgehead atoms. The van der Waals surface area contributed by atoms with E-state index in [1.165, 1.54) is 0 Å². The number of hydrogen-bond donors (Lipinski definition) is 3. The third kappa shape index (κ3) is 2.41. The van der Waals surface area contributed by atoms with Gasteiger partial charge >= 0.3 is 13.1 Å². The fraction of sp³-hybridized carbons (Fsp3) is 0.300. The Labute approximate surface area is 98.1 Å². The van der Waals surface area contributed by atoms with Crippen molar-refractivity contribution in [1.82, 2.24) is 0 Å². The molecule has 0 spiro atoms. The summed E-state index contributed by atoms with van der Waals surface area (Å²) in [6, 6.07) is 4.92. The fourth-order valence-electron chi connectivity index (χ4n) is 1.78. The minimum atomic E-state index is -1.05. The molecule has 1 atom stereocenters. The highest BCUT2D eigenvalue weighted by Crippen LogP contribution is 2.24. The van der Waals surface area contributed by atoms with Crippen LogP contribution < -0.4 is 15.9 Å². The van der Waals surface area contributed by atoms with Gasteiger partial charge in [0, 0.05) is 6.54 Å². The molecule has 1 aromatic rings. The molecule has 2 rings (SSSR count). The van der Waals surface area contributed by atoms with E-state index in [1.54, 1.807) is 18.2 Å². The van der Waals surface area contributed by atoms with E-state index >= 15 is 0 Å². The Balaban J connectivity index is 2.19. The van der Waals surface area contributed by atoms with Crippen LogP contribution in [-0.4, -0.2) is 36.4 Å². The normalized spacial score (nSPS) is 18.0. The second-order valence-corrected chi connectivity index (χ2v) is 3.69. The van der Waals surface area contributed by atoms with Gasteiger partial charge in [-0.2, -0.15) is 0 Å². The first-order valence-electron chi connectivity index (χ1n) is 5.14. The van der Waals surface area contributed by atoms with Gasteiger partial charge in [0.25, 0.3) is 0 Å². The van der Waals surface area contributed by atoms with E-state index in [0.29, 0.717) is 11.2 Å². The minimum Gasteiger partial charge on any atom is -0.482 e. The molecule has 1 aromatic carbocycles.